The van der Waals surface area contributed by atoms with Crippen molar-refractivity contribution in [3.63, 3.8) is 0 Å². The van der Waals surface area contributed by atoms with Gasteiger partial charge in [0, 0.05) is 6.42 Å². The maximum absolute atomic E-state index is 11.9. The molecule has 0 radical (unpaired) electrons. The molecule has 0 rings (SSSR count). The molecule has 5 nitrogen and oxygen atoms in total. The second-order valence-corrected chi connectivity index (χ2v) is 8.81. The van der Waals surface area contributed by atoms with Crippen LogP contribution in [0.3, 0.4) is 0 Å². The Hall–Kier alpha value is -0.650. The van der Waals surface area contributed by atoms with Gasteiger partial charge in [0.25, 0.3) is 0 Å². The first kappa shape index (κ1) is 30.4. The molecule has 31 heavy (non-hydrogen) atoms. The number of ether oxygens (including phenoxy) is 1. The standard InChI is InChI=1S/C26H52O5/c1-3-5-7-9-11-12-13-14-15-17-19-21-26(28)31-25(23-27)24-30-29-22-20-18-16-10-8-6-4-2/h25,27H,3-24H2,1-2H3. The predicted molar refractivity (Wildman–Crippen MR) is 128 cm³/mol. The summed E-state index contributed by atoms with van der Waals surface area (Å²) in [6.07, 6.45) is 22.1. The van der Waals surface area contributed by atoms with Gasteiger partial charge in [-0.3, -0.25) is 4.79 Å². The van der Waals surface area contributed by atoms with Gasteiger partial charge in [-0.1, -0.05) is 117 Å². The lowest BCUT2D eigenvalue weighted by molar-refractivity contribution is -0.307. The molecule has 5 heteroatoms. The number of carbonyl (C=O) groups excluding carboxylic acids is 1. The third-order valence-corrected chi connectivity index (χ3v) is 5.65. The monoisotopic (exact) mass is 444 g/mol. The normalized spacial score (nSPS) is 12.2. The van der Waals surface area contributed by atoms with Crippen LogP contribution in [-0.4, -0.2) is 37.0 Å². The minimum atomic E-state index is -0.644. The van der Waals surface area contributed by atoms with Crippen LogP contribution in [0.4, 0.5) is 0 Å². The molecule has 1 atom stereocenters. The molecule has 0 bridgehead atoms. The first-order valence-electron chi connectivity index (χ1n) is 13.3. The molecule has 0 saturated carbocycles. The fourth-order valence-electron chi connectivity index (χ4n) is 3.60. The smallest absolute Gasteiger partial charge is 0.306 e. The van der Waals surface area contributed by atoms with E-state index in [2.05, 4.69) is 13.8 Å². The Morgan fingerprint density at radius 3 is 1.58 bits per heavy atom. The quantitative estimate of drug-likeness (QED) is 0.0693. The molecular formula is C26H52O5. The summed E-state index contributed by atoms with van der Waals surface area (Å²) in [5.74, 6) is -0.259. The molecule has 1 unspecified atom stereocenters. The van der Waals surface area contributed by atoms with Gasteiger partial charge in [0.05, 0.1) is 13.2 Å². The summed E-state index contributed by atoms with van der Waals surface area (Å²) in [7, 11) is 0. The Labute approximate surface area is 192 Å². The third kappa shape index (κ3) is 23.8. The lowest BCUT2D eigenvalue weighted by Gasteiger charge is -2.15. The molecule has 0 aromatic heterocycles. The molecular weight excluding hydrogens is 392 g/mol. The van der Waals surface area contributed by atoms with Gasteiger partial charge >= 0.3 is 5.97 Å². The summed E-state index contributed by atoms with van der Waals surface area (Å²) in [6.45, 7) is 4.85. The first-order valence-corrected chi connectivity index (χ1v) is 13.3. The molecule has 0 spiro atoms. The van der Waals surface area contributed by atoms with Crippen LogP contribution >= 0.6 is 0 Å². The molecule has 186 valence electrons. The van der Waals surface area contributed by atoms with Crippen LogP contribution in [0.1, 0.15) is 136 Å². The Kier molecular flexibility index (Phi) is 25.1. The molecule has 0 aliphatic rings. The molecule has 0 heterocycles. The lowest BCUT2D eigenvalue weighted by atomic mass is 10.1. The number of esters is 1. The maximum atomic E-state index is 11.9. The number of carbonyl (C=O) groups is 1. The Balaban J connectivity index is 3.44. The van der Waals surface area contributed by atoms with E-state index < -0.39 is 6.10 Å². The zero-order valence-corrected chi connectivity index (χ0v) is 20.7. The highest BCUT2D eigenvalue weighted by Crippen LogP contribution is 2.12. The van der Waals surface area contributed by atoms with Crippen molar-refractivity contribution >= 4 is 5.97 Å². The van der Waals surface area contributed by atoms with Gasteiger partial charge in [0.15, 0.2) is 6.10 Å². The van der Waals surface area contributed by atoms with Crippen LogP contribution in [0.5, 0.6) is 0 Å². The number of hydrogen-bond donors (Lipinski definition) is 1. The maximum Gasteiger partial charge on any atom is 0.306 e. The molecule has 0 fully saturated rings. The number of aliphatic hydroxyl groups is 1. The van der Waals surface area contributed by atoms with Crippen LogP contribution < -0.4 is 0 Å². The fraction of sp³-hybridized carbons (Fsp3) is 0.962. The Morgan fingerprint density at radius 1 is 0.645 bits per heavy atom. The Bertz CT molecular complexity index is 362. The summed E-state index contributed by atoms with van der Waals surface area (Å²) >= 11 is 0. The summed E-state index contributed by atoms with van der Waals surface area (Å²) < 4.78 is 5.28. The van der Waals surface area contributed by atoms with Crippen LogP contribution in [-0.2, 0) is 19.3 Å². The molecule has 0 aliphatic heterocycles. The van der Waals surface area contributed by atoms with Crippen molar-refractivity contribution in [3.8, 4) is 0 Å². The fourth-order valence-corrected chi connectivity index (χ4v) is 3.60. The summed E-state index contributed by atoms with van der Waals surface area (Å²) in [6, 6.07) is 0. The van der Waals surface area contributed by atoms with E-state index in [4.69, 9.17) is 14.5 Å². The largest absolute Gasteiger partial charge is 0.457 e. The molecule has 0 aliphatic carbocycles. The first-order chi connectivity index (χ1) is 15.2. The van der Waals surface area contributed by atoms with Crippen molar-refractivity contribution in [2.45, 2.75) is 142 Å². The van der Waals surface area contributed by atoms with E-state index in [0.29, 0.717) is 13.0 Å². The SMILES string of the molecule is CCCCCCCCCCCCCC(=O)OC(CO)COOCCCCCCCCC. The minimum Gasteiger partial charge on any atom is -0.457 e. The average molecular weight is 445 g/mol. The highest BCUT2D eigenvalue weighted by atomic mass is 17.2. The van der Waals surface area contributed by atoms with E-state index in [1.54, 1.807) is 0 Å². The van der Waals surface area contributed by atoms with Gasteiger partial charge < -0.3 is 9.84 Å². The van der Waals surface area contributed by atoms with Gasteiger partial charge in [-0.15, -0.1) is 0 Å². The van der Waals surface area contributed by atoms with Crippen LogP contribution in [0, 0.1) is 0 Å². The van der Waals surface area contributed by atoms with Crippen molar-refractivity contribution < 1.29 is 24.4 Å². The van der Waals surface area contributed by atoms with Gasteiger partial charge in [-0.2, -0.15) is 0 Å². The van der Waals surface area contributed by atoms with E-state index in [0.717, 1.165) is 25.7 Å². The van der Waals surface area contributed by atoms with E-state index in [-0.39, 0.29) is 19.2 Å². The van der Waals surface area contributed by atoms with E-state index in [9.17, 15) is 9.90 Å². The van der Waals surface area contributed by atoms with Crippen molar-refractivity contribution in [3.05, 3.63) is 0 Å². The molecule has 0 amide bonds. The highest BCUT2D eigenvalue weighted by Gasteiger charge is 2.14. The predicted octanol–water partition coefficient (Wildman–Crippen LogP) is 7.29. The van der Waals surface area contributed by atoms with Crippen molar-refractivity contribution in [2.75, 3.05) is 19.8 Å². The van der Waals surface area contributed by atoms with Gasteiger partial charge in [-0.25, -0.2) is 9.78 Å². The number of aliphatic hydroxyl groups excluding tert-OH is 1. The Morgan fingerprint density at radius 2 is 1.10 bits per heavy atom. The van der Waals surface area contributed by atoms with Gasteiger partial charge in [0.1, 0.15) is 6.61 Å². The molecule has 0 aromatic rings. The van der Waals surface area contributed by atoms with E-state index >= 15 is 0 Å². The van der Waals surface area contributed by atoms with Crippen LogP contribution in [0.25, 0.3) is 0 Å². The highest BCUT2D eigenvalue weighted by molar-refractivity contribution is 5.69. The molecule has 0 saturated heterocycles. The van der Waals surface area contributed by atoms with Gasteiger partial charge in [0.2, 0.25) is 0 Å². The minimum absolute atomic E-state index is 0.0804. The third-order valence-electron chi connectivity index (χ3n) is 5.65. The van der Waals surface area contributed by atoms with Gasteiger partial charge in [-0.05, 0) is 12.8 Å². The second-order valence-electron chi connectivity index (χ2n) is 8.81. The lowest BCUT2D eigenvalue weighted by Crippen LogP contribution is -2.27. The summed E-state index contributed by atoms with van der Waals surface area (Å²) in [5, 5.41) is 9.37. The topological polar surface area (TPSA) is 65.0 Å². The van der Waals surface area contributed by atoms with E-state index in [1.165, 1.54) is 89.9 Å². The number of hydrogen-bond acceptors (Lipinski definition) is 5. The average Bonchev–Trinajstić information content (AvgIpc) is 2.77. The molecule has 0 aromatic carbocycles. The number of rotatable bonds is 25. The summed E-state index contributed by atoms with van der Waals surface area (Å²) in [5.41, 5.74) is 0. The van der Waals surface area contributed by atoms with Crippen molar-refractivity contribution in [1.82, 2.24) is 0 Å². The van der Waals surface area contributed by atoms with Crippen molar-refractivity contribution in [2.24, 2.45) is 0 Å². The zero-order valence-electron chi connectivity index (χ0n) is 20.7. The summed E-state index contributed by atoms with van der Waals surface area (Å²) in [4.78, 5) is 22.2. The van der Waals surface area contributed by atoms with E-state index in [1.807, 2.05) is 0 Å². The second kappa shape index (κ2) is 25.6. The zero-order chi connectivity index (χ0) is 22.8. The van der Waals surface area contributed by atoms with Crippen LogP contribution in [0.2, 0.25) is 0 Å². The van der Waals surface area contributed by atoms with Crippen LogP contribution in [0.15, 0.2) is 0 Å². The number of unbranched alkanes of at least 4 members (excludes halogenated alkanes) is 16. The molecule has 1 N–H and O–H groups in total. The van der Waals surface area contributed by atoms with Crippen molar-refractivity contribution in [1.29, 1.82) is 0 Å².